The van der Waals surface area contributed by atoms with Crippen LogP contribution in [0, 0.1) is 13.8 Å². The normalized spacial score (nSPS) is 19.7. The largest absolute Gasteiger partial charge is 0.496 e. The molecule has 0 aromatic carbocycles. The zero-order chi connectivity index (χ0) is 20.7. The average molecular weight is 531 g/mol. The number of ether oxygens (including phenoxy) is 2. The molecular formula is C22H38IN5O2. The number of rotatable bonds is 6. The van der Waals surface area contributed by atoms with E-state index in [1.54, 1.807) is 7.11 Å². The molecule has 170 valence electrons. The Bertz CT molecular complexity index is 701. The molecule has 1 saturated carbocycles. The van der Waals surface area contributed by atoms with E-state index in [1.165, 1.54) is 32.1 Å². The summed E-state index contributed by atoms with van der Waals surface area (Å²) in [6, 6.07) is 0. The van der Waals surface area contributed by atoms with Crippen molar-refractivity contribution in [1.29, 1.82) is 0 Å². The van der Waals surface area contributed by atoms with Crippen LogP contribution < -0.4 is 15.4 Å². The lowest BCUT2D eigenvalue weighted by Crippen LogP contribution is -2.60. The molecule has 2 heterocycles. The van der Waals surface area contributed by atoms with Crippen molar-refractivity contribution in [3.8, 4) is 5.75 Å². The van der Waals surface area contributed by atoms with Gasteiger partial charge in [0.05, 0.1) is 32.6 Å². The molecule has 1 aliphatic carbocycles. The van der Waals surface area contributed by atoms with E-state index in [9.17, 15) is 0 Å². The van der Waals surface area contributed by atoms with Gasteiger partial charge in [-0.25, -0.2) is 0 Å². The highest BCUT2D eigenvalue weighted by molar-refractivity contribution is 14.0. The lowest BCUT2D eigenvalue weighted by atomic mass is 9.80. The summed E-state index contributed by atoms with van der Waals surface area (Å²) < 4.78 is 11.1. The van der Waals surface area contributed by atoms with Gasteiger partial charge in [0, 0.05) is 49.5 Å². The summed E-state index contributed by atoms with van der Waals surface area (Å²) in [4.78, 5) is 11.7. The maximum absolute atomic E-state index is 5.59. The number of morpholine rings is 1. The third kappa shape index (κ3) is 5.97. The van der Waals surface area contributed by atoms with Crippen molar-refractivity contribution in [2.75, 3.05) is 47.0 Å². The first-order chi connectivity index (χ1) is 14.1. The van der Waals surface area contributed by atoms with Crippen LogP contribution in [0.15, 0.2) is 11.2 Å². The zero-order valence-electron chi connectivity index (χ0n) is 18.9. The van der Waals surface area contributed by atoms with E-state index in [0.29, 0.717) is 6.54 Å². The van der Waals surface area contributed by atoms with Gasteiger partial charge in [0.2, 0.25) is 0 Å². The van der Waals surface area contributed by atoms with Crippen LogP contribution in [0.3, 0.4) is 0 Å². The molecule has 1 aliphatic heterocycles. The minimum absolute atomic E-state index is 0. The van der Waals surface area contributed by atoms with Crippen LogP contribution in [0.1, 0.15) is 48.9 Å². The number of hydrogen-bond donors (Lipinski definition) is 2. The molecule has 0 atom stereocenters. The predicted molar refractivity (Wildman–Crippen MR) is 132 cm³/mol. The van der Waals surface area contributed by atoms with Gasteiger partial charge in [0.15, 0.2) is 5.96 Å². The fraction of sp³-hybridized carbons (Fsp3) is 0.727. The minimum Gasteiger partial charge on any atom is -0.496 e. The van der Waals surface area contributed by atoms with Gasteiger partial charge in [-0.1, -0.05) is 19.3 Å². The molecule has 1 saturated heterocycles. The molecular weight excluding hydrogens is 493 g/mol. The number of nitrogens with one attached hydrogen (secondary N) is 2. The van der Waals surface area contributed by atoms with Crippen LogP contribution in [0.5, 0.6) is 5.75 Å². The lowest BCUT2D eigenvalue weighted by Gasteiger charge is -2.48. The Kier molecular flexibility index (Phi) is 10.1. The van der Waals surface area contributed by atoms with Crippen molar-refractivity contribution in [3.63, 3.8) is 0 Å². The summed E-state index contributed by atoms with van der Waals surface area (Å²) in [6.45, 7) is 9.35. The maximum atomic E-state index is 5.59. The number of methoxy groups -OCH3 is 1. The molecule has 1 aromatic rings. The van der Waals surface area contributed by atoms with Crippen LogP contribution in [0.25, 0.3) is 0 Å². The lowest BCUT2D eigenvalue weighted by molar-refractivity contribution is -0.0352. The number of aliphatic imine (C=N–C) groups is 1. The SMILES string of the molecule is CN=C(NCc1ncc(C)c(OC)c1C)NCC1(N2CCOCC2)CCCCC1.I. The Morgan fingerprint density at radius 3 is 2.53 bits per heavy atom. The quantitative estimate of drug-likeness (QED) is 0.334. The average Bonchev–Trinajstić information content (AvgIpc) is 2.76. The van der Waals surface area contributed by atoms with E-state index in [4.69, 9.17) is 9.47 Å². The summed E-state index contributed by atoms with van der Waals surface area (Å²) in [7, 11) is 3.54. The second-order valence-corrected chi connectivity index (χ2v) is 8.21. The van der Waals surface area contributed by atoms with Crippen molar-refractivity contribution in [2.24, 2.45) is 4.99 Å². The number of halogens is 1. The highest BCUT2D eigenvalue weighted by Crippen LogP contribution is 2.33. The Labute approximate surface area is 198 Å². The summed E-state index contributed by atoms with van der Waals surface area (Å²) in [6.07, 6.45) is 8.31. The molecule has 0 bridgehead atoms. The van der Waals surface area contributed by atoms with E-state index in [-0.39, 0.29) is 29.5 Å². The van der Waals surface area contributed by atoms with Crippen LogP contribution in [0.4, 0.5) is 0 Å². The fourth-order valence-electron chi connectivity index (χ4n) is 4.74. The molecule has 3 rings (SSSR count). The number of nitrogens with zero attached hydrogens (tertiary/aromatic N) is 3. The minimum atomic E-state index is 0. The molecule has 8 heteroatoms. The standard InChI is InChI=1S/C22H37N5O2.HI/c1-17-14-24-19(18(2)20(17)28-4)15-25-21(23-3)26-16-22(8-6-5-7-9-22)27-10-12-29-13-11-27;/h14H,5-13,15-16H2,1-4H3,(H2,23,25,26);1H. The van der Waals surface area contributed by atoms with Crippen LogP contribution in [0.2, 0.25) is 0 Å². The third-order valence-electron chi connectivity index (χ3n) is 6.45. The van der Waals surface area contributed by atoms with Gasteiger partial charge in [0.25, 0.3) is 0 Å². The number of hydrogen-bond acceptors (Lipinski definition) is 5. The van der Waals surface area contributed by atoms with Crippen molar-refractivity contribution >= 4 is 29.9 Å². The summed E-state index contributed by atoms with van der Waals surface area (Å²) in [5, 5.41) is 7.04. The summed E-state index contributed by atoms with van der Waals surface area (Å²) in [5.74, 6) is 1.73. The number of aromatic nitrogens is 1. The first-order valence-electron chi connectivity index (χ1n) is 10.9. The van der Waals surface area contributed by atoms with Crippen molar-refractivity contribution in [2.45, 2.75) is 58.0 Å². The fourth-order valence-corrected chi connectivity index (χ4v) is 4.74. The van der Waals surface area contributed by atoms with Gasteiger partial charge in [-0.2, -0.15) is 0 Å². The van der Waals surface area contributed by atoms with Gasteiger partial charge < -0.3 is 20.1 Å². The van der Waals surface area contributed by atoms with E-state index >= 15 is 0 Å². The first kappa shape index (κ1) is 25.1. The van der Waals surface area contributed by atoms with Gasteiger partial charge in [0.1, 0.15) is 5.75 Å². The molecule has 2 N–H and O–H groups in total. The molecule has 2 fully saturated rings. The molecule has 0 radical (unpaired) electrons. The van der Waals surface area contributed by atoms with Crippen molar-refractivity contribution in [1.82, 2.24) is 20.5 Å². The molecule has 2 aliphatic rings. The van der Waals surface area contributed by atoms with E-state index in [0.717, 1.165) is 61.4 Å². The van der Waals surface area contributed by atoms with Crippen LogP contribution in [-0.2, 0) is 11.3 Å². The van der Waals surface area contributed by atoms with Gasteiger partial charge in [-0.15, -0.1) is 24.0 Å². The smallest absolute Gasteiger partial charge is 0.191 e. The molecule has 0 amide bonds. The van der Waals surface area contributed by atoms with Gasteiger partial charge in [-0.3, -0.25) is 14.9 Å². The molecule has 0 unspecified atom stereocenters. The second-order valence-electron chi connectivity index (χ2n) is 8.21. The van der Waals surface area contributed by atoms with E-state index in [1.807, 2.05) is 20.2 Å². The Balaban J connectivity index is 0.00000320. The summed E-state index contributed by atoms with van der Waals surface area (Å²) in [5.41, 5.74) is 3.32. The Morgan fingerprint density at radius 1 is 1.20 bits per heavy atom. The third-order valence-corrected chi connectivity index (χ3v) is 6.45. The number of pyridine rings is 1. The number of aryl methyl sites for hydroxylation is 1. The van der Waals surface area contributed by atoms with Crippen molar-refractivity contribution < 1.29 is 9.47 Å². The Hall–Kier alpha value is -1.13. The van der Waals surface area contributed by atoms with Crippen molar-refractivity contribution in [3.05, 3.63) is 23.0 Å². The second kappa shape index (κ2) is 12.0. The topological polar surface area (TPSA) is 71.0 Å². The van der Waals surface area contributed by atoms with E-state index in [2.05, 4.69) is 32.4 Å². The molecule has 0 spiro atoms. The monoisotopic (exact) mass is 531 g/mol. The molecule has 7 nitrogen and oxygen atoms in total. The zero-order valence-corrected chi connectivity index (χ0v) is 21.3. The van der Waals surface area contributed by atoms with Gasteiger partial charge >= 0.3 is 0 Å². The predicted octanol–water partition coefficient (Wildman–Crippen LogP) is 3.03. The molecule has 30 heavy (non-hydrogen) atoms. The maximum Gasteiger partial charge on any atom is 0.191 e. The van der Waals surface area contributed by atoms with Crippen LogP contribution in [-0.4, -0.2) is 68.4 Å². The highest BCUT2D eigenvalue weighted by atomic mass is 127. The first-order valence-corrected chi connectivity index (χ1v) is 10.9. The Morgan fingerprint density at radius 2 is 1.90 bits per heavy atom. The van der Waals surface area contributed by atoms with E-state index < -0.39 is 0 Å². The highest BCUT2D eigenvalue weighted by Gasteiger charge is 2.38. The van der Waals surface area contributed by atoms with Crippen LogP contribution >= 0.6 is 24.0 Å². The van der Waals surface area contributed by atoms with Gasteiger partial charge in [-0.05, 0) is 26.7 Å². The summed E-state index contributed by atoms with van der Waals surface area (Å²) >= 11 is 0. The number of guanidine groups is 1. The molecule has 1 aromatic heterocycles.